The van der Waals surface area contributed by atoms with Crippen molar-refractivity contribution >= 4 is 17.1 Å². The molecule has 0 bridgehead atoms. The topological polar surface area (TPSA) is 48.4 Å². The van der Waals surface area contributed by atoms with Gasteiger partial charge in [-0.2, -0.15) is 0 Å². The van der Waals surface area contributed by atoms with Crippen LogP contribution in [0.1, 0.15) is 0 Å². The van der Waals surface area contributed by atoms with E-state index in [1.54, 1.807) is 37.2 Å². The summed E-state index contributed by atoms with van der Waals surface area (Å²) in [6.07, 6.45) is 10.7. The predicted molar refractivity (Wildman–Crippen MR) is 116 cm³/mol. The van der Waals surface area contributed by atoms with E-state index in [4.69, 9.17) is 0 Å². The Morgan fingerprint density at radius 3 is 0.714 bits per heavy atom. The smallest absolute Gasteiger partial charge is 0.378 e. The number of nitrogens with zero attached hydrogens (tertiary/aromatic N) is 6. The number of aromatic nitrogens is 3. The average Bonchev–Trinajstić information content (AvgIpc) is 2.71. The first-order valence-electron chi connectivity index (χ1n) is 8.64. The Hall–Kier alpha value is -2.53. The maximum Gasteiger partial charge on any atom is 3.00 e. The zero-order valence-electron chi connectivity index (χ0n) is 17.5. The van der Waals surface area contributed by atoms with Gasteiger partial charge in [0.05, 0.1) is 0 Å². The molecular formula is C21H30N6Ru+3. The molecule has 7 heteroatoms. The third-order valence-corrected chi connectivity index (χ3v) is 3.54. The van der Waals surface area contributed by atoms with Crippen molar-refractivity contribution in [3.05, 3.63) is 73.6 Å². The van der Waals surface area contributed by atoms with Gasteiger partial charge < -0.3 is 14.7 Å². The van der Waals surface area contributed by atoms with Crippen molar-refractivity contribution in [3.63, 3.8) is 0 Å². The van der Waals surface area contributed by atoms with Gasteiger partial charge in [0, 0.05) is 96.5 Å². The van der Waals surface area contributed by atoms with Crippen molar-refractivity contribution in [1.29, 1.82) is 0 Å². The molecule has 0 aliphatic carbocycles. The molecule has 149 valence electrons. The molecule has 6 nitrogen and oxygen atoms in total. The molecule has 0 fully saturated rings. The third-order valence-electron chi connectivity index (χ3n) is 3.54. The number of hydrogen-bond acceptors (Lipinski definition) is 6. The third kappa shape index (κ3) is 10.6. The van der Waals surface area contributed by atoms with Gasteiger partial charge in [0.15, 0.2) is 0 Å². The first-order chi connectivity index (χ1) is 12.9. The van der Waals surface area contributed by atoms with E-state index in [1.165, 1.54) is 17.1 Å². The van der Waals surface area contributed by atoms with Gasteiger partial charge in [-0.3, -0.25) is 15.0 Å². The van der Waals surface area contributed by atoms with Crippen LogP contribution in [0.2, 0.25) is 0 Å². The summed E-state index contributed by atoms with van der Waals surface area (Å²) < 4.78 is 0. The summed E-state index contributed by atoms with van der Waals surface area (Å²) in [5.74, 6) is 0. The van der Waals surface area contributed by atoms with Crippen LogP contribution in [0.15, 0.2) is 73.6 Å². The average molecular weight is 468 g/mol. The Balaban J connectivity index is 0.000000384. The molecule has 3 aromatic heterocycles. The van der Waals surface area contributed by atoms with Crippen LogP contribution >= 0.6 is 0 Å². The second-order valence-corrected chi connectivity index (χ2v) is 6.30. The summed E-state index contributed by atoms with van der Waals surface area (Å²) in [5.41, 5.74) is 3.56. The fourth-order valence-electron chi connectivity index (χ4n) is 1.93. The molecule has 3 heterocycles. The summed E-state index contributed by atoms with van der Waals surface area (Å²) in [6.45, 7) is 0. The molecule has 0 atom stereocenters. The first-order valence-corrected chi connectivity index (χ1v) is 8.64. The Morgan fingerprint density at radius 1 is 0.429 bits per heavy atom. The fourth-order valence-corrected chi connectivity index (χ4v) is 1.93. The summed E-state index contributed by atoms with van der Waals surface area (Å²) in [4.78, 5) is 17.8. The van der Waals surface area contributed by atoms with Crippen LogP contribution in [-0.4, -0.2) is 57.2 Å². The number of anilines is 3. The van der Waals surface area contributed by atoms with Gasteiger partial charge in [-0.1, -0.05) is 0 Å². The molecule has 3 rings (SSSR count). The van der Waals surface area contributed by atoms with E-state index in [2.05, 4.69) is 15.0 Å². The van der Waals surface area contributed by atoms with Crippen LogP contribution in [0.3, 0.4) is 0 Å². The molecule has 0 saturated heterocycles. The van der Waals surface area contributed by atoms with Crippen LogP contribution in [0, 0.1) is 0 Å². The number of pyridine rings is 3. The largest absolute Gasteiger partial charge is 3.00 e. The molecule has 0 unspecified atom stereocenters. The SMILES string of the molecule is CN(C)c1ccncc1.CN(C)c1ccncc1.CN(C)c1ccncc1.[Ru+3]. The molecule has 0 spiro atoms. The summed E-state index contributed by atoms with van der Waals surface area (Å²) >= 11 is 0. The maximum absolute atomic E-state index is 3.90. The van der Waals surface area contributed by atoms with Crippen molar-refractivity contribution in [2.24, 2.45) is 0 Å². The maximum atomic E-state index is 3.90. The fraction of sp³-hybridized carbons (Fsp3) is 0.286. The molecule has 3 aromatic rings. The van der Waals surface area contributed by atoms with Gasteiger partial charge in [-0.05, 0) is 36.4 Å². The van der Waals surface area contributed by atoms with Gasteiger partial charge in [-0.15, -0.1) is 0 Å². The Morgan fingerprint density at radius 2 is 0.607 bits per heavy atom. The Bertz CT molecular complexity index is 618. The van der Waals surface area contributed by atoms with Gasteiger partial charge in [0.2, 0.25) is 0 Å². The Kier molecular flexibility index (Phi) is 13.2. The van der Waals surface area contributed by atoms with E-state index >= 15 is 0 Å². The van der Waals surface area contributed by atoms with E-state index in [1.807, 2.05) is 93.4 Å². The second-order valence-electron chi connectivity index (χ2n) is 6.30. The van der Waals surface area contributed by atoms with Gasteiger partial charge >= 0.3 is 19.5 Å². The van der Waals surface area contributed by atoms with Crippen LogP contribution < -0.4 is 14.7 Å². The molecule has 0 aliphatic rings. The van der Waals surface area contributed by atoms with E-state index in [-0.39, 0.29) is 19.5 Å². The standard InChI is InChI=1S/3C7H10N2.Ru/c3*1-9(2)7-3-5-8-6-4-7;/h3*3-6H,1-2H3;/q;;;+3. The van der Waals surface area contributed by atoms with Crippen molar-refractivity contribution < 1.29 is 19.5 Å². The van der Waals surface area contributed by atoms with Crippen LogP contribution in [0.4, 0.5) is 17.1 Å². The molecule has 0 aliphatic heterocycles. The van der Waals surface area contributed by atoms with Gasteiger partial charge in [-0.25, -0.2) is 0 Å². The van der Waals surface area contributed by atoms with Crippen LogP contribution in [-0.2, 0) is 19.5 Å². The van der Waals surface area contributed by atoms with Crippen molar-refractivity contribution in [3.8, 4) is 0 Å². The summed E-state index contributed by atoms with van der Waals surface area (Å²) in [6, 6.07) is 11.8. The Labute approximate surface area is 182 Å². The summed E-state index contributed by atoms with van der Waals surface area (Å²) in [7, 11) is 12.1. The number of rotatable bonds is 3. The minimum Gasteiger partial charge on any atom is -0.378 e. The zero-order valence-corrected chi connectivity index (χ0v) is 19.2. The zero-order chi connectivity index (χ0) is 20.1. The van der Waals surface area contributed by atoms with E-state index < -0.39 is 0 Å². The quantitative estimate of drug-likeness (QED) is 0.550. The van der Waals surface area contributed by atoms with Crippen LogP contribution in [0.5, 0.6) is 0 Å². The number of hydrogen-bond donors (Lipinski definition) is 0. The molecular weight excluding hydrogens is 437 g/mol. The van der Waals surface area contributed by atoms with Crippen molar-refractivity contribution in [2.75, 3.05) is 57.0 Å². The molecule has 0 saturated carbocycles. The predicted octanol–water partition coefficient (Wildman–Crippen LogP) is 3.44. The monoisotopic (exact) mass is 468 g/mol. The van der Waals surface area contributed by atoms with E-state index in [9.17, 15) is 0 Å². The van der Waals surface area contributed by atoms with E-state index in [0.717, 1.165) is 0 Å². The molecule has 0 aromatic carbocycles. The minimum atomic E-state index is 0. The van der Waals surface area contributed by atoms with Crippen molar-refractivity contribution in [2.45, 2.75) is 0 Å². The first kappa shape index (κ1) is 25.5. The molecule has 1 radical (unpaired) electrons. The minimum absolute atomic E-state index is 0. The molecule has 0 N–H and O–H groups in total. The summed E-state index contributed by atoms with van der Waals surface area (Å²) in [5, 5.41) is 0. The van der Waals surface area contributed by atoms with Crippen LogP contribution in [0.25, 0.3) is 0 Å². The normalized spacial score (nSPS) is 8.79. The van der Waals surface area contributed by atoms with Gasteiger partial charge in [0.25, 0.3) is 0 Å². The van der Waals surface area contributed by atoms with E-state index in [0.29, 0.717) is 0 Å². The van der Waals surface area contributed by atoms with Gasteiger partial charge in [0.1, 0.15) is 0 Å². The second kappa shape index (κ2) is 14.5. The molecule has 28 heavy (non-hydrogen) atoms. The molecule has 0 amide bonds. The van der Waals surface area contributed by atoms with Crippen molar-refractivity contribution in [1.82, 2.24) is 15.0 Å².